The van der Waals surface area contributed by atoms with Gasteiger partial charge in [0.15, 0.2) is 11.5 Å². The summed E-state index contributed by atoms with van der Waals surface area (Å²) in [6, 6.07) is 18.5. The highest BCUT2D eigenvalue weighted by atomic mass is 16.5. The van der Waals surface area contributed by atoms with Crippen molar-refractivity contribution in [2.24, 2.45) is 0 Å². The Balaban J connectivity index is 1.84. The Kier molecular flexibility index (Phi) is 6.68. The van der Waals surface area contributed by atoms with E-state index in [2.05, 4.69) is 0 Å². The van der Waals surface area contributed by atoms with Gasteiger partial charge in [0.2, 0.25) is 12.4 Å². The number of aromatic nitrogens is 1. The van der Waals surface area contributed by atoms with Crippen LogP contribution in [0.1, 0.15) is 22.8 Å². The van der Waals surface area contributed by atoms with Gasteiger partial charge < -0.3 is 14.2 Å². The Morgan fingerprint density at radius 3 is 2.28 bits per heavy atom. The van der Waals surface area contributed by atoms with Crippen molar-refractivity contribution in [3.8, 4) is 11.5 Å². The standard InChI is InChI=1S/C23H24NO5/c1-27-20-9-8-19(16-22(20)28-2)21(14-18-10-12-24(26)13-11-18)29-23(25)15-17-6-4-3-5-7-17/h3-13,16,21,26H,14-15H2,1-2H3/q+1. The molecule has 1 N–H and O–H groups in total. The van der Waals surface area contributed by atoms with E-state index in [1.807, 2.05) is 42.5 Å². The number of carbonyl (C=O) groups excluding carboxylic acids is 1. The highest BCUT2D eigenvalue weighted by Crippen LogP contribution is 2.32. The van der Waals surface area contributed by atoms with E-state index in [0.717, 1.165) is 21.4 Å². The molecular weight excluding hydrogens is 370 g/mol. The molecule has 6 nitrogen and oxygen atoms in total. The van der Waals surface area contributed by atoms with E-state index in [4.69, 9.17) is 14.2 Å². The minimum Gasteiger partial charge on any atom is -0.493 e. The van der Waals surface area contributed by atoms with Crippen molar-refractivity contribution < 1.29 is 28.9 Å². The van der Waals surface area contributed by atoms with Crippen molar-refractivity contribution in [1.82, 2.24) is 0 Å². The molecule has 1 atom stereocenters. The average Bonchev–Trinajstić information content (AvgIpc) is 2.75. The second-order valence-corrected chi connectivity index (χ2v) is 6.55. The number of pyridine rings is 1. The third-order valence-electron chi connectivity index (χ3n) is 4.55. The monoisotopic (exact) mass is 394 g/mol. The fourth-order valence-corrected chi connectivity index (χ4v) is 3.04. The first-order chi connectivity index (χ1) is 14.1. The van der Waals surface area contributed by atoms with Crippen LogP contribution in [0.5, 0.6) is 11.5 Å². The lowest BCUT2D eigenvalue weighted by atomic mass is 10.0. The molecule has 3 rings (SSSR count). The quantitative estimate of drug-likeness (QED) is 0.361. The number of nitrogens with zero attached hydrogens (tertiary/aromatic N) is 1. The average molecular weight is 394 g/mol. The maximum Gasteiger partial charge on any atom is 0.310 e. The zero-order chi connectivity index (χ0) is 20.6. The van der Waals surface area contributed by atoms with E-state index in [0.29, 0.717) is 17.9 Å². The summed E-state index contributed by atoms with van der Waals surface area (Å²) in [5.74, 6) is 0.853. The summed E-state index contributed by atoms with van der Waals surface area (Å²) < 4.78 is 17.5. The van der Waals surface area contributed by atoms with Crippen molar-refractivity contribution in [3.05, 3.63) is 89.7 Å². The summed E-state index contributed by atoms with van der Waals surface area (Å²) in [6.07, 6.45) is 3.20. The number of esters is 1. The molecule has 1 unspecified atom stereocenters. The molecule has 1 heterocycles. The van der Waals surface area contributed by atoms with E-state index in [1.165, 1.54) is 12.4 Å². The Hall–Kier alpha value is -3.54. The fraction of sp³-hybridized carbons (Fsp3) is 0.217. The van der Waals surface area contributed by atoms with Crippen molar-refractivity contribution >= 4 is 5.97 Å². The SMILES string of the molecule is COc1ccc(C(Cc2cc[n+](O)cc2)OC(=O)Cc2ccccc2)cc1OC. The number of carbonyl (C=O) groups is 1. The third-order valence-corrected chi connectivity index (χ3v) is 4.55. The molecule has 0 saturated carbocycles. The molecule has 0 spiro atoms. The number of hydrogen-bond acceptors (Lipinski definition) is 5. The molecule has 0 aliphatic carbocycles. The second kappa shape index (κ2) is 9.59. The molecule has 150 valence electrons. The molecule has 0 aliphatic rings. The van der Waals surface area contributed by atoms with Crippen LogP contribution in [0.3, 0.4) is 0 Å². The van der Waals surface area contributed by atoms with Crippen molar-refractivity contribution in [1.29, 1.82) is 0 Å². The first-order valence-electron chi connectivity index (χ1n) is 9.24. The lowest BCUT2D eigenvalue weighted by molar-refractivity contribution is -0.904. The molecule has 0 amide bonds. The van der Waals surface area contributed by atoms with Gasteiger partial charge in [-0.2, -0.15) is 0 Å². The summed E-state index contributed by atoms with van der Waals surface area (Å²) in [4.78, 5) is 12.6. The van der Waals surface area contributed by atoms with Crippen molar-refractivity contribution in [2.75, 3.05) is 14.2 Å². The van der Waals surface area contributed by atoms with Gasteiger partial charge in [0.1, 0.15) is 6.10 Å². The number of methoxy groups -OCH3 is 2. The third kappa shape index (κ3) is 5.48. The summed E-state index contributed by atoms with van der Waals surface area (Å²) in [6.45, 7) is 0. The number of benzene rings is 2. The number of rotatable bonds is 8. The molecule has 0 aliphatic heterocycles. The number of hydrogen-bond donors (Lipinski definition) is 1. The van der Waals surface area contributed by atoms with Crippen LogP contribution in [-0.4, -0.2) is 25.4 Å². The smallest absolute Gasteiger partial charge is 0.310 e. The fourth-order valence-electron chi connectivity index (χ4n) is 3.04. The Morgan fingerprint density at radius 1 is 0.931 bits per heavy atom. The molecule has 0 fully saturated rings. The highest BCUT2D eigenvalue weighted by Gasteiger charge is 2.20. The largest absolute Gasteiger partial charge is 0.493 e. The van der Waals surface area contributed by atoms with E-state index in [1.54, 1.807) is 32.4 Å². The minimum absolute atomic E-state index is 0.191. The van der Waals surface area contributed by atoms with E-state index in [9.17, 15) is 10.0 Å². The van der Waals surface area contributed by atoms with Crippen molar-refractivity contribution in [3.63, 3.8) is 0 Å². The van der Waals surface area contributed by atoms with E-state index in [-0.39, 0.29) is 12.4 Å². The number of ether oxygens (including phenoxy) is 3. The van der Waals surface area contributed by atoms with Gasteiger partial charge in [0.25, 0.3) is 0 Å². The molecule has 6 heteroatoms. The molecule has 0 bridgehead atoms. The molecule has 0 radical (unpaired) electrons. The van der Waals surface area contributed by atoms with Crippen LogP contribution in [0.15, 0.2) is 73.1 Å². The molecule has 0 saturated heterocycles. The lowest BCUT2D eigenvalue weighted by Gasteiger charge is -2.20. The first-order valence-corrected chi connectivity index (χ1v) is 9.24. The maximum absolute atomic E-state index is 12.6. The molecule has 1 aromatic heterocycles. The van der Waals surface area contributed by atoms with Gasteiger partial charge in [-0.15, -0.1) is 0 Å². The molecular formula is C23H24NO5+. The summed E-state index contributed by atoms with van der Waals surface area (Å²) in [5, 5.41) is 9.44. The summed E-state index contributed by atoms with van der Waals surface area (Å²) in [5.41, 5.74) is 2.61. The van der Waals surface area contributed by atoms with Gasteiger partial charge in [0.05, 0.1) is 20.6 Å². The molecule has 29 heavy (non-hydrogen) atoms. The minimum atomic E-state index is -0.513. The van der Waals surface area contributed by atoms with Crippen molar-refractivity contribution in [2.45, 2.75) is 18.9 Å². The Morgan fingerprint density at radius 2 is 1.62 bits per heavy atom. The van der Waals surface area contributed by atoms with Crippen LogP contribution in [0, 0.1) is 0 Å². The van der Waals surface area contributed by atoms with Gasteiger partial charge in [-0.25, -0.2) is 0 Å². The van der Waals surface area contributed by atoms with Crippen LogP contribution < -0.4 is 14.2 Å². The lowest BCUT2D eigenvalue weighted by Crippen LogP contribution is -2.28. The zero-order valence-electron chi connectivity index (χ0n) is 16.4. The summed E-state index contributed by atoms with van der Waals surface area (Å²) in [7, 11) is 3.14. The van der Waals surface area contributed by atoms with Gasteiger partial charge in [-0.1, -0.05) is 36.4 Å². The normalized spacial score (nSPS) is 11.5. The first kappa shape index (κ1) is 20.2. The molecule has 3 aromatic rings. The highest BCUT2D eigenvalue weighted by molar-refractivity contribution is 5.73. The topological polar surface area (TPSA) is 68.9 Å². The van der Waals surface area contributed by atoms with Crippen LogP contribution in [0.2, 0.25) is 0 Å². The van der Waals surface area contributed by atoms with E-state index >= 15 is 0 Å². The maximum atomic E-state index is 12.6. The van der Waals surface area contributed by atoms with Crippen LogP contribution >= 0.6 is 0 Å². The predicted octanol–water partition coefficient (Wildman–Crippen LogP) is 3.30. The Bertz CT molecular complexity index is 941. The summed E-state index contributed by atoms with van der Waals surface area (Å²) >= 11 is 0. The van der Waals surface area contributed by atoms with Gasteiger partial charge in [0, 0.05) is 23.3 Å². The zero-order valence-corrected chi connectivity index (χ0v) is 16.4. The second-order valence-electron chi connectivity index (χ2n) is 6.55. The Labute approximate surface area is 169 Å². The predicted molar refractivity (Wildman–Crippen MR) is 106 cm³/mol. The van der Waals surface area contributed by atoms with E-state index < -0.39 is 6.10 Å². The van der Waals surface area contributed by atoms with Gasteiger partial charge in [-0.3, -0.25) is 10.0 Å². The van der Waals surface area contributed by atoms with Crippen LogP contribution in [0.4, 0.5) is 0 Å². The molecule has 2 aromatic carbocycles. The van der Waals surface area contributed by atoms with Gasteiger partial charge >= 0.3 is 5.97 Å². The van der Waals surface area contributed by atoms with Gasteiger partial charge in [-0.05, 0) is 28.8 Å². The van der Waals surface area contributed by atoms with Crippen LogP contribution in [0.25, 0.3) is 0 Å². The van der Waals surface area contributed by atoms with Crippen LogP contribution in [-0.2, 0) is 22.4 Å².